The summed E-state index contributed by atoms with van der Waals surface area (Å²) >= 11 is 0. The Bertz CT molecular complexity index is 615. The van der Waals surface area contributed by atoms with Gasteiger partial charge in [-0.15, -0.1) is 26.3 Å². The minimum absolute atomic E-state index is 0.00599. The molecule has 0 aromatic carbocycles. The molecule has 3 heteroatoms. The van der Waals surface area contributed by atoms with Gasteiger partial charge in [0.05, 0.1) is 17.5 Å². The maximum Gasteiger partial charge on any atom is 0.0657 e. The Morgan fingerprint density at radius 3 is 1.78 bits per heavy atom. The molecule has 0 aliphatic carbocycles. The van der Waals surface area contributed by atoms with Crippen LogP contribution in [0.1, 0.15) is 94.9 Å². The van der Waals surface area contributed by atoms with Crippen molar-refractivity contribution in [3.05, 3.63) is 87.2 Å². The average molecular weight is 502 g/mol. The molecule has 0 heterocycles. The predicted octanol–water partition coefficient (Wildman–Crippen LogP) is 9.79. The monoisotopic (exact) mass is 502 g/mol. The molecule has 0 saturated carbocycles. The first-order chi connectivity index (χ1) is 17.0. The van der Waals surface area contributed by atoms with Crippen LogP contribution >= 0.6 is 0 Å². The molecular weight excluding hydrogens is 438 g/mol. The third-order valence-corrected chi connectivity index (χ3v) is 4.27. The lowest BCUT2D eigenvalue weighted by Gasteiger charge is -2.29. The van der Waals surface area contributed by atoms with Gasteiger partial charge in [-0.25, -0.2) is 0 Å². The van der Waals surface area contributed by atoms with E-state index in [2.05, 4.69) is 84.7 Å². The van der Waals surface area contributed by atoms with E-state index < -0.39 is 0 Å². The smallest absolute Gasteiger partial charge is 0.0657 e. The first kappa shape index (κ1) is 43.8. The second-order valence-electron chi connectivity index (χ2n) is 8.64. The standard InChI is InChI=1S/C20H32N2.C6H15N.C3H6.C2H6.C2H4/c1-9-13-15-19(22-20(6,7)8)18(12-4)21-17(11-3)16(5)14-10-2;1-4-5-6(2)7-3;1-3-2;2*1-2/h9-12,14,19,22H,1,4-5,13,15H2,2-3,6-8H3;6-7H,4-5H2,1-3H3;3H,1H2,2H3;1-2H3;1-2H2/b14-10-,17-11-,21-18?;;;;. The zero-order valence-electron chi connectivity index (χ0n) is 26.1. The third kappa shape index (κ3) is 31.8. The quantitative estimate of drug-likeness (QED) is 0.158. The Morgan fingerprint density at radius 2 is 1.50 bits per heavy atom. The Labute approximate surface area is 228 Å². The van der Waals surface area contributed by atoms with Crippen molar-refractivity contribution >= 4 is 5.71 Å². The molecule has 0 radical (unpaired) electrons. The minimum Gasteiger partial charge on any atom is -0.317 e. The first-order valence-electron chi connectivity index (χ1n) is 13.3. The summed E-state index contributed by atoms with van der Waals surface area (Å²) in [6.45, 7) is 41.9. The Morgan fingerprint density at radius 1 is 1.00 bits per heavy atom. The summed E-state index contributed by atoms with van der Waals surface area (Å²) in [4.78, 5) is 4.78. The molecule has 0 bridgehead atoms. The number of rotatable bonds is 12. The van der Waals surface area contributed by atoms with E-state index in [4.69, 9.17) is 4.99 Å². The van der Waals surface area contributed by atoms with Crippen molar-refractivity contribution in [3.8, 4) is 0 Å². The molecule has 2 atom stereocenters. The van der Waals surface area contributed by atoms with Gasteiger partial charge < -0.3 is 10.6 Å². The van der Waals surface area contributed by atoms with Crippen LogP contribution in [0.4, 0.5) is 0 Å². The van der Waals surface area contributed by atoms with Gasteiger partial charge in [-0.1, -0.05) is 70.7 Å². The van der Waals surface area contributed by atoms with E-state index in [-0.39, 0.29) is 11.6 Å². The van der Waals surface area contributed by atoms with Crippen molar-refractivity contribution in [2.75, 3.05) is 7.05 Å². The Balaban J connectivity index is -0.000000189. The van der Waals surface area contributed by atoms with E-state index in [1.807, 2.05) is 72.0 Å². The molecule has 0 aromatic rings. The summed E-state index contributed by atoms with van der Waals surface area (Å²) < 4.78 is 0. The van der Waals surface area contributed by atoms with Gasteiger partial charge in [0.2, 0.25) is 0 Å². The lowest BCUT2D eigenvalue weighted by atomic mass is 10.00. The van der Waals surface area contributed by atoms with E-state index in [9.17, 15) is 0 Å². The molecule has 36 heavy (non-hydrogen) atoms. The molecule has 3 nitrogen and oxygen atoms in total. The Kier molecular flexibility index (Phi) is 39.9. The van der Waals surface area contributed by atoms with Crippen LogP contribution in [-0.2, 0) is 0 Å². The van der Waals surface area contributed by atoms with Gasteiger partial charge in [-0.2, -0.15) is 0 Å². The number of nitrogens with zero attached hydrogens (tertiary/aromatic N) is 1. The zero-order valence-corrected chi connectivity index (χ0v) is 26.1. The van der Waals surface area contributed by atoms with E-state index >= 15 is 0 Å². The molecular formula is C33H63N3. The first-order valence-corrected chi connectivity index (χ1v) is 13.3. The van der Waals surface area contributed by atoms with Crippen LogP contribution in [0.25, 0.3) is 0 Å². The molecule has 2 unspecified atom stereocenters. The SMILES string of the molecule is C=C.C=CC.C=CCCC(NC(C)(C)C)C(C=C)=N/C(=C\C)C(=C)/C=C\C.CC.CCCC(C)NC. The minimum atomic E-state index is 0.00599. The summed E-state index contributed by atoms with van der Waals surface area (Å²) in [6.07, 6.45) is 15.9. The molecule has 0 amide bonds. The summed E-state index contributed by atoms with van der Waals surface area (Å²) in [6, 6.07) is 0.842. The molecule has 0 saturated heterocycles. The van der Waals surface area contributed by atoms with E-state index in [1.54, 1.807) is 6.08 Å². The number of hydrogen-bond acceptors (Lipinski definition) is 3. The van der Waals surface area contributed by atoms with Crippen molar-refractivity contribution in [2.24, 2.45) is 4.99 Å². The van der Waals surface area contributed by atoms with E-state index in [0.29, 0.717) is 6.04 Å². The molecule has 210 valence electrons. The maximum atomic E-state index is 4.78. The lowest BCUT2D eigenvalue weighted by Crippen LogP contribution is -2.47. The highest BCUT2D eigenvalue weighted by Crippen LogP contribution is 2.15. The summed E-state index contributed by atoms with van der Waals surface area (Å²) in [5.74, 6) is 0. The molecule has 0 aliphatic rings. The number of hydrogen-bond donors (Lipinski definition) is 2. The van der Waals surface area contributed by atoms with Crippen molar-refractivity contribution < 1.29 is 0 Å². The van der Waals surface area contributed by atoms with Crippen LogP contribution in [0.3, 0.4) is 0 Å². The number of aliphatic imine (C=N–C) groups is 1. The molecule has 0 spiro atoms. The summed E-state index contributed by atoms with van der Waals surface area (Å²) in [5, 5.41) is 6.78. The molecule has 0 fully saturated rings. The molecule has 0 aliphatic heterocycles. The lowest BCUT2D eigenvalue weighted by molar-refractivity contribution is 0.393. The van der Waals surface area contributed by atoms with Gasteiger partial charge in [0, 0.05) is 11.6 Å². The Hall–Kier alpha value is -2.23. The average Bonchev–Trinajstić information content (AvgIpc) is 2.85. The van der Waals surface area contributed by atoms with Crippen LogP contribution in [0.2, 0.25) is 0 Å². The fourth-order valence-corrected chi connectivity index (χ4v) is 2.69. The largest absolute Gasteiger partial charge is 0.317 e. The van der Waals surface area contributed by atoms with Crippen LogP contribution in [0, 0.1) is 0 Å². The van der Waals surface area contributed by atoms with E-state index in [0.717, 1.165) is 29.8 Å². The van der Waals surface area contributed by atoms with Gasteiger partial charge >= 0.3 is 0 Å². The van der Waals surface area contributed by atoms with Crippen molar-refractivity contribution in [2.45, 2.75) is 113 Å². The summed E-state index contributed by atoms with van der Waals surface area (Å²) in [5.41, 5.74) is 2.73. The molecule has 2 N–H and O–H groups in total. The topological polar surface area (TPSA) is 36.4 Å². The van der Waals surface area contributed by atoms with Crippen LogP contribution in [-0.4, -0.2) is 30.4 Å². The second kappa shape index (κ2) is 32.8. The number of allylic oxidation sites excluding steroid dienone is 5. The van der Waals surface area contributed by atoms with Crippen LogP contribution in [0.15, 0.2) is 92.2 Å². The van der Waals surface area contributed by atoms with Crippen molar-refractivity contribution in [1.82, 2.24) is 10.6 Å². The van der Waals surface area contributed by atoms with Crippen molar-refractivity contribution in [3.63, 3.8) is 0 Å². The molecule has 0 rings (SSSR count). The predicted molar refractivity (Wildman–Crippen MR) is 173 cm³/mol. The fourth-order valence-electron chi connectivity index (χ4n) is 2.69. The van der Waals surface area contributed by atoms with Crippen LogP contribution in [0.5, 0.6) is 0 Å². The highest BCUT2D eigenvalue weighted by Gasteiger charge is 2.20. The zero-order chi connectivity index (χ0) is 29.6. The van der Waals surface area contributed by atoms with Gasteiger partial charge in [0.1, 0.15) is 0 Å². The fraction of sp³-hybridized carbons (Fsp3) is 0.545. The highest BCUT2D eigenvalue weighted by atomic mass is 15.0. The van der Waals surface area contributed by atoms with Gasteiger partial charge in [-0.05, 0) is 86.4 Å². The van der Waals surface area contributed by atoms with Gasteiger partial charge in [0.25, 0.3) is 0 Å². The van der Waals surface area contributed by atoms with E-state index in [1.165, 1.54) is 12.8 Å². The molecule has 0 aromatic heterocycles. The summed E-state index contributed by atoms with van der Waals surface area (Å²) in [7, 11) is 2.00. The third-order valence-electron chi connectivity index (χ3n) is 4.27. The second-order valence-corrected chi connectivity index (χ2v) is 8.64. The maximum absolute atomic E-state index is 4.78. The highest BCUT2D eigenvalue weighted by molar-refractivity contribution is 5.99. The van der Waals surface area contributed by atoms with Gasteiger partial charge in [-0.3, -0.25) is 4.99 Å². The number of nitrogens with one attached hydrogen (secondary N) is 2. The van der Waals surface area contributed by atoms with Crippen molar-refractivity contribution in [1.29, 1.82) is 0 Å². The van der Waals surface area contributed by atoms with Gasteiger partial charge in [0.15, 0.2) is 0 Å². The normalized spacial score (nSPS) is 12.5. The van der Waals surface area contributed by atoms with Crippen LogP contribution < -0.4 is 10.6 Å².